The molecule has 102 valence electrons. The molecule has 0 aromatic heterocycles. The molecule has 1 aromatic carbocycles. The fraction of sp³-hybridized carbons (Fsp3) is 0.538. The largest absolute Gasteiger partial charge is 0.310 e. The van der Waals surface area contributed by atoms with Gasteiger partial charge in [-0.05, 0) is 12.0 Å². The second-order valence-corrected chi connectivity index (χ2v) is 6.66. The van der Waals surface area contributed by atoms with Crippen LogP contribution in [0.25, 0.3) is 0 Å². The Hall–Kier alpha value is -0.910. The van der Waals surface area contributed by atoms with Gasteiger partial charge in [-0.3, -0.25) is 0 Å². The van der Waals surface area contributed by atoms with Crippen LogP contribution in [0.15, 0.2) is 30.3 Å². The molecule has 0 aliphatic heterocycles. The summed E-state index contributed by atoms with van der Waals surface area (Å²) in [7, 11) is -3.14. The van der Waals surface area contributed by atoms with Crippen molar-refractivity contribution in [3.63, 3.8) is 0 Å². The van der Waals surface area contributed by atoms with Crippen LogP contribution in [0.2, 0.25) is 0 Å². The van der Waals surface area contributed by atoms with E-state index in [1.165, 1.54) is 11.8 Å². The number of benzene rings is 1. The molecule has 0 saturated carbocycles. The van der Waals surface area contributed by atoms with Gasteiger partial charge in [0.15, 0.2) is 0 Å². The second-order valence-electron chi connectivity index (χ2n) is 4.83. The van der Waals surface area contributed by atoms with E-state index in [1.807, 2.05) is 18.2 Å². The maximum absolute atomic E-state index is 11.1. The molecule has 0 aliphatic carbocycles. The summed E-state index contributed by atoms with van der Waals surface area (Å²) >= 11 is 0. The Morgan fingerprint density at radius 1 is 1.17 bits per heavy atom. The molecule has 1 aromatic rings. The highest BCUT2D eigenvalue weighted by atomic mass is 32.2. The van der Waals surface area contributed by atoms with Gasteiger partial charge in [-0.25, -0.2) is 13.1 Å². The quantitative estimate of drug-likeness (QED) is 0.781. The van der Waals surface area contributed by atoms with Crippen LogP contribution >= 0.6 is 0 Å². The van der Waals surface area contributed by atoms with E-state index >= 15 is 0 Å². The minimum atomic E-state index is -3.14. The molecule has 0 spiro atoms. The zero-order valence-corrected chi connectivity index (χ0v) is 12.0. The highest BCUT2D eigenvalue weighted by molar-refractivity contribution is 7.88. The van der Waals surface area contributed by atoms with E-state index < -0.39 is 10.0 Å². The van der Waals surface area contributed by atoms with Crippen molar-refractivity contribution in [2.75, 3.05) is 12.8 Å². The fourth-order valence-corrected chi connectivity index (χ4v) is 2.32. The highest BCUT2D eigenvalue weighted by Gasteiger charge is 2.12. The third-order valence-electron chi connectivity index (χ3n) is 2.49. The van der Waals surface area contributed by atoms with E-state index in [0.29, 0.717) is 12.6 Å². The number of hydrogen-bond acceptors (Lipinski definition) is 3. The predicted molar refractivity (Wildman–Crippen MR) is 75.1 cm³/mol. The zero-order chi connectivity index (χ0) is 13.6. The average molecular weight is 270 g/mol. The first kappa shape index (κ1) is 15.1. The van der Waals surface area contributed by atoms with E-state index in [1.54, 1.807) is 0 Å². The Morgan fingerprint density at radius 3 is 2.28 bits per heavy atom. The first-order valence-electron chi connectivity index (χ1n) is 6.11. The molecule has 0 amide bonds. The third-order valence-corrected chi connectivity index (χ3v) is 3.18. The second kappa shape index (κ2) is 6.87. The van der Waals surface area contributed by atoms with Crippen LogP contribution in [0.5, 0.6) is 0 Å². The van der Waals surface area contributed by atoms with Crippen LogP contribution in [-0.2, 0) is 16.4 Å². The topological polar surface area (TPSA) is 58.2 Å². The van der Waals surface area contributed by atoms with Crippen LogP contribution in [0.1, 0.15) is 19.4 Å². The summed E-state index contributed by atoms with van der Waals surface area (Å²) in [4.78, 5) is 0. The van der Waals surface area contributed by atoms with Gasteiger partial charge in [-0.2, -0.15) is 0 Å². The molecule has 0 radical (unpaired) electrons. The van der Waals surface area contributed by atoms with Crippen molar-refractivity contribution in [2.45, 2.75) is 32.4 Å². The normalized spacial score (nSPS) is 13.8. The Kier molecular flexibility index (Phi) is 5.78. The summed E-state index contributed by atoms with van der Waals surface area (Å²) < 4.78 is 24.8. The molecule has 0 saturated heterocycles. The van der Waals surface area contributed by atoms with Crippen molar-refractivity contribution >= 4 is 10.0 Å². The molecule has 5 heteroatoms. The molecule has 0 aliphatic rings. The molecule has 2 N–H and O–H groups in total. The molecular weight excluding hydrogens is 248 g/mol. The predicted octanol–water partition coefficient (Wildman–Crippen LogP) is 1.14. The maximum Gasteiger partial charge on any atom is 0.208 e. The Labute approximate surface area is 110 Å². The number of hydrogen-bond donors (Lipinski definition) is 2. The summed E-state index contributed by atoms with van der Waals surface area (Å²) in [5, 5.41) is 3.37. The van der Waals surface area contributed by atoms with E-state index in [4.69, 9.17) is 0 Å². The molecular formula is C13H22N2O2S. The van der Waals surface area contributed by atoms with E-state index in [9.17, 15) is 8.42 Å². The van der Waals surface area contributed by atoms with Gasteiger partial charge in [-0.1, -0.05) is 44.2 Å². The lowest BCUT2D eigenvalue weighted by molar-refractivity contribution is 0.452. The summed E-state index contributed by atoms with van der Waals surface area (Å²) in [5.41, 5.74) is 1.20. The van der Waals surface area contributed by atoms with Crippen molar-refractivity contribution < 1.29 is 8.42 Å². The first-order chi connectivity index (χ1) is 8.37. The zero-order valence-electron chi connectivity index (χ0n) is 11.2. The van der Waals surface area contributed by atoms with E-state index in [-0.39, 0.29) is 6.04 Å². The van der Waals surface area contributed by atoms with E-state index in [2.05, 4.69) is 36.0 Å². The van der Waals surface area contributed by atoms with Crippen molar-refractivity contribution in [1.82, 2.24) is 10.0 Å². The van der Waals surface area contributed by atoms with E-state index in [0.717, 1.165) is 6.42 Å². The minimum Gasteiger partial charge on any atom is -0.310 e. The summed E-state index contributed by atoms with van der Waals surface area (Å²) in [5.74, 6) is 0. The van der Waals surface area contributed by atoms with Crippen LogP contribution in [0.4, 0.5) is 0 Å². The standard InChI is InChI=1S/C13H22N2O2S/c1-11(2)15-13(10-14-18(3,16)17)9-12-7-5-4-6-8-12/h4-8,11,13-15H,9-10H2,1-3H3/t13-/m0/s1. The Balaban J connectivity index is 2.61. The number of rotatable bonds is 7. The van der Waals surface area contributed by atoms with Gasteiger partial charge in [0.25, 0.3) is 0 Å². The van der Waals surface area contributed by atoms with Gasteiger partial charge in [-0.15, -0.1) is 0 Å². The van der Waals surface area contributed by atoms with Gasteiger partial charge in [0.1, 0.15) is 0 Å². The van der Waals surface area contributed by atoms with Crippen LogP contribution < -0.4 is 10.0 Å². The minimum absolute atomic E-state index is 0.0992. The van der Waals surface area contributed by atoms with Crippen LogP contribution in [-0.4, -0.2) is 33.3 Å². The lowest BCUT2D eigenvalue weighted by Crippen LogP contribution is -2.44. The maximum atomic E-state index is 11.1. The SMILES string of the molecule is CC(C)N[C@H](CNS(C)(=O)=O)Cc1ccccc1. The lowest BCUT2D eigenvalue weighted by Gasteiger charge is -2.21. The van der Waals surface area contributed by atoms with Gasteiger partial charge >= 0.3 is 0 Å². The Morgan fingerprint density at radius 2 is 1.78 bits per heavy atom. The molecule has 1 rings (SSSR count). The van der Waals surface area contributed by atoms with Crippen molar-refractivity contribution in [1.29, 1.82) is 0 Å². The van der Waals surface area contributed by atoms with Gasteiger partial charge < -0.3 is 5.32 Å². The summed E-state index contributed by atoms with van der Waals surface area (Å²) in [6, 6.07) is 10.5. The molecule has 0 unspecified atom stereocenters. The number of sulfonamides is 1. The smallest absolute Gasteiger partial charge is 0.208 e. The third kappa shape index (κ3) is 6.74. The van der Waals surface area contributed by atoms with Crippen molar-refractivity contribution in [3.05, 3.63) is 35.9 Å². The fourth-order valence-electron chi connectivity index (χ4n) is 1.81. The number of nitrogens with one attached hydrogen (secondary N) is 2. The molecule has 0 heterocycles. The van der Waals surface area contributed by atoms with Crippen molar-refractivity contribution in [2.24, 2.45) is 0 Å². The van der Waals surface area contributed by atoms with Gasteiger partial charge in [0.2, 0.25) is 10.0 Å². The molecule has 4 nitrogen and oxygen atoms in total. The van der Waals surface area contributed by atoms with Crippen LogP contribution in [0.3, 0.4) is 0 Å². The van der Waals surface area contributed by atoms with Gasteiger partial charge in [0, 0.05) is 18.6 Å². The first-order valence-corrected chi connectivity index (χ1v) is 8.00. The summed E-state index contributed by atoms with van der Waals surface area (Å²) in [6.45, 7) is 4.52. The molecule has 1 atom stereocenters. The highest BCUT2D eigenvalue weighted by Crippen LogP contribution is 2.03. The molecule has 0 bridgehead atoms. The average Bonchev–Trinajstić information content (AvgIpc) is 2.25. The van der Waals surface area contributed by atoms with Crippen molar-refractivity contribution in [3.8, 4) is 0 Å². The van der Waals surface area contributed by atoms with Crippen LogP contribution in [0, 0.1) is 0 Å². The Bertz CT molecular complexity index is 443. The molecule has 18 heavy (non-hydrogen) atoms. The van der Waals surface area contributed by atoms with Gasteiger partial charge in [0.05, 0.1) is 6.26 Å². The molecule has 0 fully saturated rings. The monoisotopic (exact) mass is 270 g/mol. The lowest BCUT2D eigenvalue weighted by atomic mass is 10.1. The summed E-state index contributed by atoms with van der Waals surface area (Å²) in [6.07, 6.45) is 1.99.